The summed E-state index contributed by atoms with van der Waals surface area (Å²) in [6.07, 6.45) is 14.5. The molecule has 15 heteroatoms. The number of likely N-dealkylation sites (N-methyl/N-ethyl adjacent to an activating group) is 2. The second-order valence-electron chi connectivity index (χ2n) is 14.4. The first-order valence-electron chi connectivity index (χ1n) is 20.5. The van der Waals surface area contributed by atoms with Crippen molar-refractivity contribution in [1.29, 1.82) is 0 Å². The highest BCUT2D eigenvalue weighted by Crippen LogP contribution is 2.24. The topological polar surface area (TPSA) is 187 Å². The fourth-order valence-corrected chi connectivity index (χ4v) is 6.63. The van der Waals surface area contributed by atoms with Crippen molar-refractivity contribution in [2.24, 2.45) is 5.92 Å². The summed E-state index contributed by atoms with van der Waals surface area (Å²) in [5.74, 6) is -0.921. The van der Waals surface area contributed by atoms with E-state index < -0.39 is 47.9 Å². The normalized spacial score (nSPS) is 12.6. The molecule has 0 saturated carbocycles. The van der Waals surface area contributed by atoms with Crippen molar-refractivity contribution in [1.82, 2.24) is 30.3 Å². The van der Waals surface area contributed by atoms with Crippen LogP contribution >= 0.6 is 11.8 Å². The van der Waals surface area contributed by atoms with E-state index in [9.17, 15) is 33.9 Å². The molecule has 1 heterocycles. The van der Waals surface area contributed by atoms with Crippen LogP contribution in [-0.2, 0) is 46.5 Å². The molecule has 14 nitrogen and oxygen atoms in total. The van der Waals surface area contributed by atoms with Crippen molar-refractivity contribution in [3.63, 3.8) is 0 Å². The monoisotopic (exact) mass is 847 g/mol. The maximum Gasteiger partial charge on any atom is 0.323 e. The predicted octanol–water partition coefficient (Wildman–Crippen LogP) is 5.50. The Labute approximate surface area is 357 Å². The Morgan fingerprint density at radius 2 is 1.54 bits per heavy atom. The number of carbonyl (C=O) groups is 7. The van der Waals surface area contributed by atoms with Crippen molar-refractivity contribution < 1.29 is 38.7 Å². The molecule has 2 aromatic rings. The number of benzene rings is 1. The van der Waals surface area contributed by atoms with Gasteiger partial charge in [0.15, 0.2) is 0 Å². The Morgan fingerprint density at radius 3 is 2.00 bits per heavy atom. The van der Waals surface area contributed by atoms with E-state index in [-0.39, 0.29) is 18.9 Å². The van der Waals surface area contributed by atoms with Gasteiger partial charge in [0, 0.05) is 49.9 Å². The molecule has 0 bridgehead atoms. The van der Waals surface area contributed by atoms with E-state index in [0.29, 0.717) is 55.9 Å². The van der Waals surface area contributed by atoms with Gasteiger partial charge in [-0.2, -0.15) is 11.8 Å². The Morgan fingerprint density at radius 1 is 0.949 bits per heavy atom. The van der Waals surface area contributed by atoms with Crippen LogP contribution in [0.1, 0.15) is 98.5 Å². The van der Waals surface area contributed by atoms with Gasteiger partial charge in [0.1, 0.15) is 37.7 Å². The van der Waals surface area contributed by atoms with E-state index in [1.165, 1.54) is 22.6 Å². The molecular weight excluding hydrogens is 773 g/mol. The van der Waals surface area contributed by atoms with Gasteiger partial charge >= 0.3 is 5.97 Å². The summed E-state index contributed by atoms with van der Waals surface area (Å²) in [6, 6.07) is 3.79. The number of nitrogens with one attached hydrogen (secondary N) is 3. The average molecular weight is 847 g/mol. The van der Waals surface area contributed by atoms with Crippen molar-refractivity contribution in [2.45, 2.75) is 130 Å². The van der Waals surface area contributed by atoms with Crippen LogP contribution in [0.2, 0.25) is 0 Å². The van der Waals surface area contributed by atoms with Crippen LogP contribution in [0.25, 0.3) is 10.9 Å². The molecule has 4 atom stereocenters. The zero-order chi connectivity index (χ0) is 45.3. The Bertz CT molecular complexity index is 1530. The van der Waals surface area contributed by atoms with E-state index in [1.54, 1.807) is 29.9 Å². The van der Waals surface area contributed by atoms with E-state index >= 15 is 0 Å². The van der Waals surface area contributed by atoms with E-state index in [2.05, 4.69) is 41.3 Å². The quantitative estimate of drug-likeness (QED) is 0.0565. The van der Waals surface area contributed by atoms with Gasteiger partial charge in [-0.25, -0.2) is 0 Å². The number of carboxylic acids is 1. The second kappa shape index (κ2) is 34.4. The number of hydrogen-bond donors (Lipinski definition) is 4. The minimum atomic E-state index is -1.03. The van der Waals surface area contributed by atoms with Crippen LogP contribution in [0.3, 0.4) is 0 Å². The Balaban J connectivity index is 0. The molecule has 0 aliphatic heterocycles. The lowest BCUT2D eigenvalue weighted by molar-refractivity contribution is -0.149. The number of aldehydes is 1. The first-order chi connectivity index (χ1) is 28.2. The van der Waals surface area contributed by atoms with Crippen molar-refractivity contribution in [2.75, 3.05) is 39.7 Å². The number of aliphatic carboxylic acids is 1. The van der Waals surface area contributed by atoms with Gasteiger partial charge in [-0.1, -0.05) is 90.7 Å². The van der Waals surface area contributed by atoms with Crippen LogP contribution in [0.5, 0.6) is 0 Å². The molecule has 334 valence electrons. The van der Waals surface area contributed by atoms with E-state index in [1.807, 2.05) is 72.4 Å². The lowest BCUT2D eigenvalue weighted by Crippen LogP contribution is -2.58. The fraction of sp³-hybridized carbons (Fsp3) is 0.614. The standard InChI is InChI=1S/C34H51N5O7.C5H10.C4H11NS.CH2O/c1-7-9-14-29(32(44)36-25(21-40)17-23(3)4)37(5)34(46)30(15-10-8-2)38(6)33(45)27(35-22-41)18-24-19-39(20-31(42)43)28-16-12-11-13-26(24)28;1-3-5-4-2;1-5-3-4-6-2;1-2/h11-13,16,19,21-23,25,27,29-30H,7-10,14-15,17-18,20H2,1-6H3,(H,35,41)(H,36,44)(H,42,43);3,5H,4H2,1-2H3;5H,3-4H2,1-2H3;1H2/b;5-3-;;. The number of amides is 4. The third-order valence-corrected chi connectivity index (χ3v) is 9.91. The number of rotatable bonds is 25. The van der Waals surface area contributed by atoms with Crippen LogP contribution in [-0.4, -0.2) is 127 Å². The third kappa shape index (κ3) is 21.9. The van der Waals surface area contributed by atoms with E-state index in [4.69, 9.17) is 4.79 Å². The van der Waals surface area contributed by atoms with Crippen molar-refractivity contribution >= 4 is 65.8 Å². The lowest BCUT2D eigenvalue weighted by Gasteiger charge is -2.36. The summed E-state index contributed by atoms with van der Waals surface area (Å²) in [4.78, 5) is 87.0. The van der Waals surface area contributed by atoms with Gasteiger partial charge < -0.3 is 45.0 Å². The molecule has 1 aromatic heterocycles. The molecule has 4 amide bonds. The molecule has 0 saturated heterocycles. The molecule has 0 fully saturated rings. The highest BCUT2D eigenvalue weighted by Gasteiger charge is 2.37. The number of para-hydroxylation sites is 1. The molecule has 4 N–H and O–H groups in total. The number of allylic oxidation sites excluding steroid dienone is 2. The maximum absolute atomic E-state index is 14.1. The minimum absolute atomic E-state index is 0.0735. The largest absolute Gasteiger partial charge is 0.480 e. The molecule has 0 aliphatic carbocycles. The van der Waals surface area contributed by atoms with Crippen molar-refractivity contribution in [3.8, 4) is 0 Å². The third-order valence-electron chi connectivity index (χ3n) is 9.29. The summed E-state index contributed by atoms with van der Waals surface area (Å²) in [5, 5.41) is 18.6. The van der Waals surface area contributed by atoms with E-state index in [0.717, 1.165) is 31.2 Å². The SMILES string of the molecule is C/C=C\CC.C=O.CCCCC(C(=O)N(C)C(CCCC)C(=O)NC(C=O)CC(C)C)N(C)C(=O)C(Cc1cn(CC(=O)O)c2ccccc12)NC=O.CNCCSC. The smallest absolute Gasteiger partial charge is 0.323 e. The Kier molecular flexibility index (Phi) is 33.0. The fourth-order valence-electron chi connectivity index (χ4n) is 6.22. The van der Waals surface area contributed by atoms with Crippen molar-refractivity contribution in [3.05, 3.63) is 48.2 Å². The van der Waals surface area contributed by atoms with Crippen LogP contribution < -0.4 is 16.0 Å². The Hall–Kier alpha value is -4.50. The van der Waals surface area contributed by atoms with Gasteiger partial charge in [-0.05, 0) is 63.5 Å². The van der Waals surface area contributed by atoms with Crippen LogP contribution in [0.15, 0.2) is 42.6 Å². The van der Waals surface area contributed by atoms with Gasteiger partial charge in [-0.3, -0.25) is 24.0 Å². The molecule has 0 spiro atoms. The summed E-state index contributed by atoms with van der Waals surface area (Å²) in [6.45, 7) is 14.9. The van der Waals surface area contributed by atoms with Gasteiger partial charge in [0.25, 0.3) is 0 Å². The number of unbranched alkanes of at least 4 members (excludes halogenated alkanes) is 2. The summed E-state index contributed by atoms with van der Waals surface area (Å²) in [5.41, 5.74) is 1.36. The van der Waals surface area contributed by atoms with Crippen LogP contribution in [0, 0.1) is 5.92 Å². The molecule has 0 aliphatic rings. The predicted molar refractivity (Wildman–Crippen MR) is 240 cm³/mol. The first-order valence-corrected chi connectivity index (χ1v) is 21.9. The molecular formula is C44H74N6O8S. The molecule has 4 unspecified atom stereocenters. The lowest BCUT2D eigenvalue weighted by atomic mass is 10.00. The zero-order valence-electron chi connectivity index (χ0n) is 37.3. The van der Waals surface area contributed by atoms with Gasteiger partial charge in [-0.15, -0.1) is 0 Å². The van der Waals surface area contributed by atoms with Gasteiger partial charge in [0.05, 0.1) is 6.04 Å². The maximum atomic E-state index is 14.1. The highest BCUT2D eigenvalue weighted by atomic mass is 32.2. The summed E-state index contributed by atoms with van der Waals surface area (Å²) < 4.78 is 1.58. The number of hydrogen-bond acceptors (Lipinski definition) is 9. The number of fused-ring (bicyclic) bond motifs is 1. The minimum Gasteiger partial charge on any atom is -0.480 e. The second-order valence-corrected chi connectivity index (χ2v) is 15.4. The zero-order valence-corrected chi connectivity index (χ0v) is 38.1. The average Bonchev–Trinajstić information content (AvgIpc) is 3.56. The summed E-state index contributed by atoms with van der Waals surface area (Å²) >= 11 is 1.86. The molecule has 1 aromatic carbocycles. The summed E-state index contributed by atoms with van der Waals surface area (Å²) in [7, 11) is 5.04. The molecule has 0 radical (unpaired) electrons. The number of carbonyl (C=O) groups excluding carboxylic acids is 6. The van der Waals surface area contributed by atoms with Gasteiger partial charge in [0.2, 0.25) is 24.1 Å². The number of nitrogens with zero attached hydrogens (tertiary/aromatic N) is 3. The number of thioether (sulfide) groups is 1. The molecule has 59 heavy (non-hydrogen) atoms. The highest BCUT2D eigenvalue weighted by molar-refractivity contribution is 7.98. The first kappa shape index (κ1) is 56.6. The number of aromatic nitrogens is 1. The van der Waals surface area contributed by atoms with Crippen LogP contribution in [0.4, 0.5) is 0 Å². The number of carboxylic acid groups (broad SMARTS) is 1. The molecule has 2 rings (SSSR count).